The number of nitrogens with two attached hydrogens (primary N) is 1. The van der Waals surface area contributed by atoms with E-state index >= 15 is 0 Å². The van der Waals surface area contributed by atoms with E-state index in [4.69, 9.17) is 5.73 Å². The summed E-state index contributed by atoms with van der Waals surface area (Å²) >= 11 is 4.74. The Morgan fingerprint density at radius 1 is 1.20 bits per heavy atom. The summed E-state index contributed by atoms with van der Waals surface area (Å²) in [7, 11) is 0. The fourth-order valence-electron chi connectivity index (χ4n) is 2.73. The minimum atomic E-state index is -0.229. The fourth-order valence-corrected chi connectivity index (χ4v) is 4.10. The summed E-state index contributed by atoms with van der Waals surface area (Å²) in [5.41, 5.74) is 9.50. The third kappa shape index (κ3) is 2.88. The zero-order valence-corrected chi connectivity index (χ0v) is 15.7. The molecule has 124 valence electrons. The maximum atomic E-state index is 12.7. The van der Waals surface area contributed by atoms with Crippen molar-refractivity contribution >= 4 is 65.7 Å². The zero-order chi connectivity index (χ0) is 17.6. The summed E-state index contributed by atoms with van der Waals surface area (Å²) in [6.07, 6.45) is 0. The maximum absolute atomic E-state index is 12.7. The van der Waals surface area contributed by atoms with E-state index in [-0.39, 0.29) is 5.91 Å². The molecule has 0 saturated heterocycles. The first kappa shape index (κ1) is 16.1. The molecule has 6 heteroatoms. The SMILES string of the molecule is Cc1ccc2nc3sc(C(=O)Nc4ccccc4Br)c(N)c3cc2c1. The van der Waals surface area contributed by atoms with Crippen molar-refractivity contribution in [1.82, 2.24) is 4.98 Å². The lowest BCUT2D eigenvalue weighted by Crippen LogP contribution is -2.12. The van der Waals surface area contributed by atoms with Gasteiger partial charge in [0.05, 0.1) is 16.9 Å². The number of para-hydroxylation sites is 1. The van der Waals surface area contributed by atoms with Crippen LogP contribution in [0.2, 0.25) is 0 Å². The number of halogens is 1. The Hall–Kier alpha value is -2.44. The quantitative estimate of drug-likeness (QED) is 0.466. The molecule has 2 aromatic heterocycles. The molecule has 1 amide bonds. The number of rotatable bonds is 2. The summed E-state index contributed by atoms with van der Waals surface area (Å²) in [6.45, 7) is 2.04. The predicted octanol–water partition coefficient (Wildman–Crippen LogP) is 5.35. The summed E-state index contributed by atoms with van der Waals surface area (Å²) in [5, 5.41) is 4.74. The standard InChI is InChI=1S/C19H14BrN3OS/c1-10-6-7-14-11(8-10)9-12-16(21)17(25-19(12)23-14)18(24)22-15-5-3-2-4-13(15)20/h2-9H,21H2,1H3,(H,22,24). The normalized spacial score (nSPS) is 11.1. The van der Waals surface area contributed by atoms with Crippen LogP contribution in [0.25, 0.3) is 21.1 Å². The number of hydrogen-bond donors (Lipinski definition) is 2. The monoisotopic (exact) mass is 411 g/mol. The van der Waals surface area contributed by atoms with Crippen molar-refractivity contribution in [3.63, 3.8) is 0 Å². The van der Waals surface area contributed by atoms with Crippen molar-refractivity contribution in [3.8, 4) is 0 Å². The smallest absolute Gasteiger partial charge is 0.267 e. The Kier molecular flexibility index (Phi) is 3.94. The molecule has 3 N–H and O–H groups in total. The van der Waals surface area contributed by atoms with Gasteiger partial charge in [0.2, 0.25) is 0 Å². The number of hydrogen-bond acceptors (Lipinski definition) is 4. The molecule has 0 radical (unpaired) electrons. The van der Waals surface area contributed by atoms with Crippen LogP contribution in [-0.4, -0.2) is 10.9 Å². The summed E-state index contributed by atoms with van der Waals surface area (Å²) in [6, 6.07) is 15.6. The Balaban J connectivity index is 1.79. The third-order valence-corrected chi connectivity index (χ3v) is 5.80. The molecule has 0 spiro atoms. The second-order valence-corrected chi connectivity index (χ2v) is 7.67. The highest BCUT2D eigenvalue weighted by molar-refractivity contribution is 9.10. The maximum Gasteiger partial charge on any atom is 0.267 e. The average Bonchev–Trinajstić information content (AvgIpc) is 2.91. The van der Waals surface area contributed by atoms with E-state index < -0.39 is 0 Å². The van der Waals surface area contributed by atoms with Crippen LogP contribution < -0.4 is 11.1 Å². The van der Waals surface area contributed by atoms with Crippen LogP contribution >= 0.6 is 27.3 Å². The molecular weight excluding hydrogens is 398 g/mol. The molecule has 0 aliphatic carbocycles. The van der Waals surface area contributed by atoms with E-state index in [1.807, 2.05) is 49.4 Å². The number of carbonyl (C=O) groups excluding carboxylic acids is 1. The molecule has 25 heavy (non-hydrogen) atoms. The van der Waals surface area contributed by atoms with Crippen LogP contribution in [0.5, 0.6) is 0 Å². The summed E-state index contributed by atoms with van der Waals surface area (Å²) in [4.78, 5) is 18.6. The molecule has 0 atom stereocenters. The van der Waals surface area contributed by atoms with E-state index in [9.17, 15) is 4.79 Å². The molecule has 0 saturated carbocycles. The van der Waals surface area contributed by atoms with Crippen LogP contribution in [0.1, 0.15) is 15.2 Å². The summed E-state index contributed by atoms with van der Waals surface area (Å²) in [5.74, 6) is -0.229. The van der Waals surface area contributed by atoms with Gasteiger partial charge in [0, 0.05) is 15.2 Å². The number of nitrogens with zero attached hydrogens (tertiary/aromatic N) is 1. The second-order valence-electron chi connectivity index (χ2n) is 5.82. The second kappa shape index (κ2) is 6.13. The van der Waals surface area contributed by atoms with Gasteiger partial charge in [-0.05, 0) is 53.2 Å². The van der Waals surface area contributed by atoms with E-state index in [1.165, 1.54) is 11.3 Å². The number of benzene rings is 2. The van der Waals surface area contributed by atoms with Crippen LogP contribution in [0, 0.1) is 6.92 Å². The number of amides is 1. The van der Waals surface area contributed by atoms with Crippen molar-refractivity contribution in [3.05, 3.63) is 63.4 Å². The lowest BCUT2D eigenvalue weighted by atomic mass is 10.1. The van der Waals surface area contributed by atoms with Gasteiger partial charge in [-0.2, -0.15) is 0 Å². The van der Waals surface area contributed by atoms with Crippen molar-refractivity contribution < 1.29 is 4.79 Å². The van der Waals surface area contributed by atoms with E-state index in [0.717, 1.165) is 31.2 Å². The molecular formula is C19H14BrN3OS. The highest BCUT2D eigenvalue weighted by Crippen LogP contribution is 2.35. The molecule has 2 aromatic carbocycles. The summed E-state index contributed by atoms with van der Waals surface area (Å²) < 4.78 is 0.822. The van der Waals surface area contributed by atoms with Gasteiger partial charge in [-0.3, -0.25) is 4.79 Å². The van der Waals surface area contributed by atoms with Crippen molar-refractivity contribution in [2.45, 2.75) is 6.92 Å². The van der Waals surface area contributed by atoms with Crippen molar-refractivity contribution in [2.24, 2.45) is 0 Å². The highest BCUT2D eigenvalue weighted by Gasteiger charge is 2.18. The molecule has 0 bridgehead atoms. The minimum absolute atomic E-state index is 0.229. The van der Waals surface area contributed by atoms with Gasteiger partial charge in [0.15, 0.2) is 0 Å². The average molecular weight is 412 g/mol. The number of carbonyl (C=O) groups is 1. The number of anilines is 2. The molecule has 4 rings (SSSR count). The van der Waals surface area contributed by atoms with Gasteiger partial charge in [0.1, 0.15) is 9.71 Å². The van der Waals surface area contributed by atoms with Gasteiger partial charge in [0.25, 0.3) is 5.91 Å². The number of nitrogens with one attached hydrogen (secondary N) is 1. The van der Waals surface area contributed by atoms with Gasteiger partial charge < -0.3 is 11.1 Å². The van der Waals surface area contributed by atoms with Gasteiger partial charge in [-0.25, -0.2) is 4.98 Å². The lowest BCUT2D eigenvalue weighted by Gasteiger charge is -2.06. The molecule has 0 unspecified atom stereocenters. The van der Waals surface area contributed by atoms with Crippen LogP contribution in [-0.2, 0) is 0 Å². The molecule has 2 heterocycles. The number of fused-ring (bicyclic) bond motifs is 2. The van der Waals surface area contributed by atoms with Crippen LogP contribution in [0.3, 0.4) is 0 Å². The Morgan fingerprint density at radius 3 is 2.80 bits per heavy atom. The number of pyridine rings is 1. The van der Waals surface area contributed by atoms with E-state index in [2.05, 4.69) is 32.3 Å². The Labute approximate surface area is 156 Å². The zero-order valence-electron chi connectivity index (χ0n) is 13.3. The molecule has 0 aliphatic rings. The van der Waals surface area contributed by atoms with E-state index in [1.54, 1.807) is 0 Å². The van der Waals surface area contributed by atoms with Gasteiger partial charge in [-0.1, -0.05) is 23.8 Å². The van der Waals surface area contributed by atoms with Gasteiger partial charge in [-0.15, -0.1) is 11.3 Å². The topological polar surface area (TPSA) is 68.0 Å². The molecule has 0 aliphatic heterocycles. The molecule has 0 fully saturated rings. The number of nitrogen functional groups attached to an aromatic ring is 1. The molecule has 4 nitrogen and oxygen atoms in total. The molecule has 4 aromatic rings. The Morgan fingerprint density at radius 2 is 2.00 bits per heavy atom. The first-order chi connectivity index (χ1) is 12.0. The largest absolute Gasteiger partial charge is 0.397 e. The van der Waals surface area contributed by atoms with Crippen molar-refractivity contribution in [1.29, 1.82) is 0 Å². The van der Waals surface area contributed by atoms with Crippen LogP contribution in [0.4, 0.5) is 11.4 Å². The number of aryl methyl sites for hydroxylation is 1. The first-order valence-corrected chi connectivity index (χ1v) is 9.29. The van der Waals surface area contributed by atoms with Crippen LogP contribution in [0.15, 0.2) is 53.0 Å². The van der Waals surface area contributed by atoms with E-state index in [0.29, 0.717) is 16.3 Å². The first-order valence-electron chi connectivity index (χ1n) is 7.68. The minimum Gasteiger partial charge on any atom is -0.397 e. The Bertz CT molecular complexity index is 1140. The predicted molar refractivity (Wildman–Crippen MR) is 108 cm³/mol. The lowest BCUT2D eigenvalue weighted by molar-refractivity contribution is 0.103. The fraction of sp³-hybridized carbons (Fsp3) is 0.0526. The highest BCUT2D eigenvalue weighted by atomic mass is 79.9. The van der Waals surface area contributed by atoms with Crippen molar-refractivity contribution in [2.75, 3.05) is 11.1 Å². The third-order valence-electron chi connectivity index (χ3n) is 4.00. The number of aromatic nitrogens is 1. The van der Waals surface area contributed by atoms with Gasteiger partial charge >= 0.3 is 0 Å². The number of thiophene rings is 1.